The number of hydrogen-bond donors (Lipinski definition) is 1. The first-order valence-corrected chi connectivity index (χ1v) is 12.6. The molecule has 1 aromatic heterocycles. The van der Waals surface area contributed by atoms with E-state index in [4.69, 9.17) is 14.5 Å². The number of aromatic nitrogens is 2. The van der Waals surface area contributed by atoms with Crippen LogP contribution in [0.4, 0.5) is 5.95 Å². The highest BCUT2D eigenvalue weighted by Gasteiger charge is 2.28. The Labute approximate surface area is 200 Å². The molecule has 0 bridgehead atoms. The van der Waals surface area contributed by atoms with Crippen LogP contribution in [0.3, 0.4) is 0 Å². The highest BCUT2D eigenvalue weighted by Crippen LogP contribution is 2.36. The van der Waals surface area contributed by atoms with Crippen molar-refractivity contribution in [2.45, 2.75) is 83.4 Å². The van der Waals surface area contributed by atoms with Gasteiger partial charge in [0.05, 0.1) is 24.5 Å². The molecule has 184 valence electrons. The lowest BCUT2D eigenvalue weighted by Crippen LogP contribution is -2.32. The molecule has 1 aromatic rings. The Morgan fingerprint density at radius 3 is 2.55 bits per heavy atom. The molecule has 0 aromatic carbocycles. The standard InChI is InChI=1S/C26H43N5O2/c1-7-8-18(2)29-26-28-17-23(25(27-4)33-22-13-15-32-16-14-22)24(30-26)19(3)20-9-11-21(12-10-20)31(5)6/h17-18,20-22H,3,7-16H2,1-2,4-6H3,(H,28,29,30). The van der Waals surface area contributed by atoms with Gasteiger partial charge in [0.2, 0.25) is 11.8 Å². The van der Waals surface area contributed by atoms with E-state index < -0.39 is 0 Å². The zero-order chi connectivity index (χ0) is 23.8. The van der Waals surface area contributed by atoms with Gasteiger partial charge in [-0.05, 0) is 64.6 Å². The Kier molecular flexibility index (Phi) is 9.68. The number of hydrogen-bond acceptors (Lipinski definition) is 7. The molecular formula is C26H43N5O2. The van der Waals surface area contributed by atoms with Gasteiger partial charge < -0.3 is 19.7 Å². The summed E-state index contributed by atoms with van der Waals surface area (Å²) in [5.41, 5.74) is 2.79. The number of allylic oxidation sites excluding steroid dienone is 1. The number of nitrogens with zero attached hydrogens (tertiary/aromatic N) is 4. The van der Waals surface area contributed by atoms with Gasteiger partial charge in [-0.25, -0.2) is 9.97 Å². The molecule has 0 amide bonds. The molecule has 2 fully saturated rings. The van der Waals surface area contributed by atoms with Crippen molar-refractivity contribution in [3.8, 4) is 0 Å². The largest absolute Gasteiger partial charge is 0.474 e. The molecule has 1 N–H and O–H groups in total. The monoisotopic (exact) mass is 457 g/mol. The maximum Gasteiger partial charge on any atom is 0.223 e. The second-order valence-corrected chi connectivity index (χ2v) is 9.74. The SMILES string of the molecule is C=C(c1nc(NC(C)CCC)ncc1C(=NC)OC1CCOCC1)C1CCC(N(C)C)CC1. The van der Waals surface area contributed by atoms with Gasteiger partial charge in [0.15, 0.2) is 0 Å². The second-order valence-electron chi connectivity index (χ2n) is 9.74. The van der Waals surface area contributed by atoms with Crippen LogP contribution in [-0.2, 0) is 9.47 Å². The molecule has 0 spiro atoms. The Bertz CT molecular complexity index is 796. The summed E-state index contributed by atoms with van der Waals surface area (Å²) in [5.74, 6) is 1.67. The molecule has 2 heterocycles. The maximum absolute atomic E-state index is 6.33. The minimum Gasteiger partial charge on any atom is -0.474 e. The van der Waals surface area contributed by atoms with Gasteiger partial charge in [0.25, 0.3) is 0 Å². The van der Waals surface area contributed by atoms with Crippen LogP contribution in [0, 0.1) is 5.92 Å². The number of rotatable bonds is 9. The van der Waals surface area contributed by atoms with E-state index in [0.717, 1.165) is 68.6 Å². The summed E-state index contributed by atoms with van der Waals surface area (Å²) < 4.78 is 11.8. The molecule has 33 heavy (non-hydrogen) atoms. The summed E-state index contributed by atoms with van der Waals surface area (Å²) in [6.07, 6.45) is 10.5. The van der Waals surface area contributed by atoms with Crippen LogP contribution in [0.25, 0.3) is 5.57 Å². The minimum absolute atomic E-state index is 0.108. The Hall–Kier alpha value is -1.99. The van der Waals surface area contributed by atoms with E-state index in [1.165, 1.54) is 12.8 Å². The molecule has 1 aliphatic carbocycles. The third-order valence-electron chi connectivity index (χ3n) is 6.99. The predicted octanol–water partition coefficient (Wildman–Crippen LogP) is 4.78. The minimum atomic E-state index is 0.108. The molecule has 1 atom stereocenters. The summed E-state index contributed by atoms with van der Waals surface area (Å²) in [6.45, 7) is 10.4. The summed E-state index contributed by atoms with van der Waals surface area (Å²) in [5, 5.41) is 3.46. The van der Waals surface area contributed by atoms with Crippen molar-refractivity contribution in [1.29, 1.82) is 0 Å². The zero-order valence-electron chi connectivity index (χ0n) is 21.3. The fourth-order valence-corrected chi connectivity index (χ4v) is 4.90. The highest BCUT2D eigenvalue weighted by molar-refractivity contribution is 5.98. The smallest absolute Gasteiger partial charge is 0.223 e. The number of anilines is 1. The molecule has 0 radical (unpaired) electrons. The van der Waals surface area contributed by atoms with E-state index in [2.05, 4.69) is 54.7 Å². The molecule has 7 nitrogen and oxygen atoms in total. The van der Waals surface area contributed by atoms with E-state index in [-0.39, 0.29) is 6.10 Å². The highest BCUT2D eigenvalue weighted by atomic mass is 16.5. The van der Waals surface area contributed by atoms with Crippen molar-refractivity contribution in [1.82, 2.24) is 14.9 Å². The molecule has 1 saturated heterocycles. The van der Waals surface area contributed by atoms with Crippen molar-refractivity contribution in [2.75, 3.05) is 39.7 Å². The number of nitrogens with one attached hydrogen (secondary N) is 1. The van der Waals surface area contributed by atoms with Crippen LogP contribution in [0.2, 0.25) is 0 Å². The predicted molar refractivity (Wildman–Crippen MR) is 136 cm³/mol. The van der Waals surface area contributed by atoms with Gasteiger partial charge in [0.1, 0.15) is 6.10 Å². The quantitative estimate of drug-likeness (QED) is 0.425. The van der Waals surface area contributed by atoms with Crippen molar-refractivity contribution >= 4 is 17.4 Å². The summed E-state index contributed by atoms with van der Waals surface area (Å²) in [6, 6.07) is 0.964. The van der Waals surface area contributed by atoms with Crippen LogP contribution < -0.4 is 5.32 Å². The molecule has 1 aliphatic heterocycles. The summed E-state index contributed by atoms with van der Waals surface area (Å²) in [7, 11) is 6.13. The van der Waals surface area contributed by atoms with Crippen molar-refractivity contribution in [3.63, 3.8) is 0 Å². The van der Waals surface area contributed by atoms with Gasteiger partial charge in [-0.2, -0.15) is 0 Å². The number of aliphatic imine (C=N–C) groups is 1. The summed E-state index contributed by atoms with van der Waals surface area (Å²) >= 11 is 0. The van der Waals surface area contributed by atoms with Gasteiger partial charge in [-0.3, -0.25) is 4.99 Å². The molecule has 3 rings (SSSR count). The average molecular weight is 458 g/mol. The lowest BCUT2D eigenvalue weighted by molar-refractivity contribution is 0.0205. The van der Waals surface area contributed by atoms with Crippen molar-refractivity contribution < 1.29 is 9.47 Å². The Morgan fingerprint density at radius 2 is 1.94 bits per heavy atom. The van der Waals surface area contributed by atoms with Crippen LogP contribution in [0.5, 0.6) is 0 Å². The lowest BCUT2D eigenvalue weighted by Gasteiger charge is -2.33. The van der Waals surface area contributed by atoms with E-state index in [1.54, 1.807) is 7.05 Å². The average Bonchev–Trinajstić information content (AvgIpc) is 2.83. The van der Waals surface area contributed by atoms with E-state index in [9.17, 15) is 0 Å². The normalized spacial score (nSPS) is 23.4. The third kappa shape index (κ3) is 7.00. The molecular weight excluding hydrogens is 414 g/mol. The van der Waals surface area contributed by atoms with Crippen molar-refractivity contribution in [3.05, 3.63) is 24.0 Å². The fourth-order valence-electron chi connectivity index (χ4n) is 4.90. The second kappa shape index (κ2) is 12.5. The topological polar surface area (TPSA) is 71.9 Å². The van der Waals surface area contributed by atoms with Gasteiger partial charge in [0, 0.05) is 38.2 Å². The first-order chi connectivity index (χ1) is 15.9. The first-order valence-electron chi connectivity index (χ1n) is 12.6. The van der Waals surface area contributed by atoms with Gasteiger partial charge in [-0.1, -0.05) is 19.9 Å². The van der Waals surface area contributed by atoms with E-state index >= 15 is 0 Å². The van der Waals surface area contributed by atoms with E-state index in [0.29, 0.717) is 29.8 Å². The number of ether oxygens (including phenoxy) is 2. The zero-order valence-corrected chi connectivity index (χ0v) is 21.3. The van der Waals surface area contributed by atoms with E-state index in [1.807, 2.05) is 6.20 Å². The van der Waals surface area contributed by atoms with Crippen LogP contribution >= 0.6 is 0 Å². The van der Waals surface area contributed by atoms with Gasteiger partial charge >= 0.3 is 0 Å². The first kappa shape index (κ1) is 25.6. The van der Waals surface area contributed by atoms with Crippen molar-refractivity contribution in [2.24, 2.45) is 10.9 Å². The Morgan fingerprint density at radius 1 is 1.24 bits per heavy atom. The maximum atomic E-state index is 6.33. The van der Waals surface area contributed by atoms with Crippen LogP contribution in [-0.4, -0.2) is 73.3 Å². The molecule has 7 heteroatoms. The lowest BCUT2D eigenvalue weighted by atomic mass is 9.80. The fraction of sp³-hybridized carbons (Fsp3) is 0.731. The van der Waals surface area contributed by atoms with Crippen LogP contribution in [0.1, 0.15) is 76.5 Å². The van der Waals surface area contributed by atoms with Gasteiger partial charge in [-0.15, -0.1) is 0 Å². The molecule has 1 unspecified atom stereocenters. The molecule has 2 aliphatic rings. The Balaban J connectivity index is 1.85. The summed E-state index contributed by atoms with van der Waals surface area (Å²) in [4.78, 5) is 16.4. The van der Waals surface area contributed by atoms with Crippen LogP contribution in [0.15, 0.2) is 17.8 Å². The third-order valence-corrected chi connectivity index (χ3v) is 6.99. The molecule has 1 saturated carbocycles.